The zero-order chi connectivity index (χ0) is 10.1. The maximum Gasteiger partial charge on any atom is 0.497 e. The van der Waals surface area contributed by atoms with E-state index in [2.05, 4.69) is 0 Å². The van der Waals surface area contributed by atoms with E-state index in [-0.39, 0.29) is 12.3 Å². The number of rotatable bonds is 3. The molecule has 1 saturated carbocycles. The van der Waals surface area contributed by atoms with Crippen LogP contribution in [0.4, 0.5) is 13.2 Å². The van der Waals surface area contributed by atoms with Crippen molar-refractivity contribution in [1.82, 2.24) is 0 Å². The molecule has 78 valence electrons. The SMILES string of the molecule is O=S(=O)(CCC1CCC1)C(F)(F)F. The summed E-state index contributed by atoms with van der Waals surface area (Å²) in [5.41, 5.74) is -5.07. The van der Waals surface area contributed by atoms with Crippen LogP contribution in [-0.4, -0.2) is 19.7 Å². The van der Waals surface area contributed by atoms with Crippen LogP contribution >= 0.6 is 0 Å². The second-order valence-electron chi connectivity index (χ2n) is 3.35. The fourth-order valence-corrected chi connectivity index (χ4v) is 2.09. The zero-order valence-electron chi connectivity index (χ0n) is 6.97. The molecule has 2 nitrogen and oxygen atoms in total. The monoisotopic (exact) mass is 216 g/mol. The molecule has 1 fully saturated rings. The second-order valence-corrected chi connectivity index (χ2v) is 5.45. The van der Waals surface area contributed by atoms with Gasteiger partial charge >= 0.3 is 5.51 Å². The average Bonchev–Trinajstić information content (AvgIpc) is 1.80. The van der Waals surface area contributed by atoms with Crippen molar-refractivity contribution >= 4 is 9.84 Å². The summed E-state index contributed by atoms with van der Waals surface area (Å²) in [6.07, 6.45) is 2.90. The fourth-order valence-electron chi connectivity index (χ4n) is 1.22. The first-order valence-electron chi connectivity index (χ1n) is 4.12. The Bertz CT molecular complexity index is 264. The molecule has 0 saturated heterocycles. The van der Waals surface area contributed by atoms with Crippen LogP contribution in [-0.2, 0) is 9.84 Å². The van der Waals surface area contributed by atoms with Gasteiger partial charge in [-0.25, -0.2) is 8.42 Å². The van der Waals surface area contributed by atoms with Crippen molar-refractivity contribution in [2.24, 2.45) is 5.92 Å². The van der Waals surface area contributed by atoms with E-state index in [4.69, 9.17) is 0 Å². The Kier molecular flexibility index (Phi) is 2.89. The minimum Gasteiger partial charge on any atom is -0.220 e. The van der Waals surface area contributed by atoms with E-state index >= 15 is 0 Å². The normalized spacial score (nSPS) is 19.9. The van der Waals surface area contributed by atoms with Crippen LogP contribution in [0.2, 0.25) is 0 Å². The molecule has 0 aromatic carbocycles. The molecule has 6 heteroatoms. The molecule has 0 spiro atoms. The summed E-state index contributed by atoms with van der Waals surface area (Å²) in [6, 6.07) is 0. The Balaban J connectivity index is 2.42. The van der Waals surface area contributed by atoms with Crippen molar-refractivity contribution in [3.63, 3.8) is 0 Å². The number of alkyl halides is 3. The summed E-state index contributed by atoms with van der Waals surface area (Å²) >= 11 is 0. The van der Waals surface area contributed by atoms with Gasteiger partial charge in [-0.15, -0.1) is 0 Å². The molecule has 1 aliphatic rings. The van der Waals surface area contributed by atoms with Crippen molar-refractivity contribution in [2.75, 3.05) is 5.75 Å². The lowest BCUT2D eigenvalue weighted by atomic mass is 9.84. The molecule has 0 heterocycles. The van der Waals surface area contributed by atoms with E-state index in [1.807, 2.05) is 0 Å². The van der Waals surface area contributed by atoms with Gasteiger partial charge in [0.05, 0.1) is 5.75 Å². The Morgan fingerprint density at radius 1 is 1.23 bits per heavy atom. The van der Waals surface area contributed by atoms with Crippen LogP contribution in [0.15, 0.2) is 0 Å². The molecule has 1 aliphatic carbocycles. The molecule has 0 aromatic rings. The summed E-state index contributed by atoms with van der Waals surface area (Å²) in [7, 11) is -4.87. The van der Waals surface area contributed by atoms with Crippen molar-refractivity contribution in [3.8, 4) is 0 Å². The largest absolute Gasteiger partial charge is 0.497 e. The minimum atomic E-state index is -5.07. The lowest BCUT2D eigenvalue weighted by Crippen LogP contribution is -2.28. The van der Waals surface area contributed by atoms with E-state index in [0.717, 1.165) is 19.3 Å². The van der Waals surface area contributed by atoms with Crippen LogP contribution in [0, 0.1) is 5.92 Å². The first-order valence-corrected chi connectivity index (χ1v) is 5.77. The van der Waals surface area contributed by atoms with Gasteiger partial charge < -0.3 is 0 Å². The zero-order valence-corrected chi connectivity index (χ0v) is 7.79. The summed E-state index contributed by atoms with van der Waals surface area (Å²) in [5.74, 6) is -0.557. The highest BCUT2D eigenvalue weighted by atomic mass is 32.2. The lowest BCUT2D eigenvalue weighted by molar-refractivity contribution is -0.0436. The molecule has 0 atom stereocenters. The predicted octanol–water partition coefficient (Wildman–Crippen LogP) is 2.11. The van der Waals surface area contributed by atoms with Crippen molar-refractivity contribution in [1.29, 1.82) is 0 Å². The average molecular weight is 216 g/mol. The first kappa shape index (κ1) is 10.8. The lowest BCUT2D eigenvalue weighted by Gasteiger charge is -2.25. The molecule has 0 radical (unpaired) electrons. The second kappa shape index (κ2) is 3.48. The topological polar surface area (TPSA) is 34.1 Å². The molecular weight excluding hydrogens is 205 g/mol. The maximum absolute atomic E-state index is 11.8. The molecule has 0 aromatic heterocycles. The molecule has 0 N–H and O–H groups in total. The van der Waals surface area contributed by atoms with Gasteiger partial charge in [0.15, 0.2) is 0 Å². The summed E-state index contributed by atoms with van der Waals surface area (Å²) in [6.45, 7) is 0. The molecule has 0 amide bonds. The van der Waals surface area contributed by atoms with E-state index in [0.29, 0.717) is 0 Å². The van der Waals surface area contributed by atoms with Gasteiger partial charge in [0.25, 0.3) is 0 Å². The highest BCUT2D eigenvalue weighted by Crippen LogP contribution is 2.32. The van der Waals surface area contributed by atoms with Gasteiger partial charge in [-0.3, -0.25) is 0 Å². The van der Waals surface area contributed by atoms with Gasteiger partial charge in [0, 0.05) is 0 Å². The summed E-state index contributed by atoms with van der Waals surface area (Å²) in [4.78, 5) is 0. The Morgan fingerprint density at radius 3 is 2.08 bits per heavy atom. The highest BCUT2D eigenvalue weighted by Gasteiger charge is 2.45. The first-order chi connectivity index (χ1) is 5.83. The fraction of sp³-hybridized carbons (Fsp3) is 1.00. The van der Waals surface area contributed by atoms with Gasteiger partial charge in [0.1, 0.15) is 0 Å². The third kappa shape index (κ3) is 2.59. The van der Waals surface area contributed by atoms with E-state index in [1.54, 1.807) is 0 Å². The molecule has 0 unspecified atom stereocenters. The molecule has 0 bridgehead atoms. The Labute approximate surface area is 75.0 Å². The molecule has 0 aliphatic heterocycles. The minimum absolute atomic E-state index is 0.155. The van der Waals surface area contributed by atoms with Crippen molar-refractivity contribution in [2.45, 2.75) is 31.2 Å². The quantitative estimate of drug-likeness (QED) is 0.724. The van der Waals surface area contributed by atoms with Crippen molar-refractivity contribution < 1.29 is 21.6 Å². The van der Waals surface area contributed by atoms with Gasteiger partial charge in [0.2, 0.25) is 9.84 Å². The standard InChI is InChI=1S/C7H11F3O2S/c8-7(9,10)13(11,12)5-4-6-2-1-3-6/h6H,1-5H2. The van der Waals surface area contributed by atoms with Crippen molar-refractivity contribution in [3.05, 3.63) is 0 Å². The number of hydrogen-bond acceptors (Lipinski definition) is 2. The number of sulfone groups is 1. The summed E-state index contributed by atoms with van der Waals surface area (Å²) in [5, 5.41) is 0. The van der Waals surface area contributed by atoms with Gasteiger partial charge in [-0.05, 0) is 12.3 Å². The van der Waals surface area contributed by atoms with E-state index < -0.39 is 21.1 Å². The number of hydrogen-bond donors (Lipinski definition) is 0. The Morgan fingerprint density at radius 2 is 1.77 bits per heavy atom. The Hall–Kier alpha value is -0.260. The highest BCUT2D eigenvalue weighted by molar-refractivity contribution is 7.92. The molecule has 13 heavy (non-hydrogen) atoms. The predicted molar refractivity (Wildman–Crippen MR) is 41.8 cm³/mol. The van der Waals surface area contributed by atoms with Crippen LogP contribution in [0.25, 0.3) is 0 Å². The van der Waals surface area contributed by atoms with Crippen LogP contribution in [0.3, 0.4) is 0 Å². The van der Waals surface area contributed by atoms with E-state index in [1.165, 1.54) is 0 Å². The van der Waals surface area contributed by atoms with E-state index in [9.17, 15) is 21.6 Å². The third-order valence-corrected chi connectivity index (χ3v) is 3.85. The van der Waals surface area contributed by atoms with Gasteiger partial charge in [-0.1, -0.05) is 19.3 Å². The van der Waals surface area contributed by atoms with Crippen LogP contribution in [0.5, 0.6) is 0 Å². The van der Waals surface area contributed by atoms with Crippen LogP contribution in [0.1, 0.15) is 25.7 Å². The number of halogens is 3. The molecular formula is C7H11F3O2S. The maximum atomic E-state index is 11.8. The summed E-state index contributed by atoms with van der Waals surface area (Å²) < 4.78 is 56.6. The smallest absolute Gasteiger partial charge is 0.220 e. The van der Waals surface area contributed by atoms with Crippen LogP contribution < -0.4 is 0 Å². The van der Waals surface area contributed by atoms with Gasteiger partial charge in [-0.2, -0.15) is 13.2 Å². The molecule has 1 rings (SSSR count). The third-order valence-electron chi connectivity index (χ3n) is 2.37.